The first-order chi connectivity index (χ1) is 19.2. The van der Waals surface area contributed by atoms with Gasteiger partial charge < -0.3 is 24.6 Å². The Morgan fingerprint density at radius 3 is 2.35 bits per heavy atom. The number of fused-ring (bicyclic) bond motifs is 1. The Morgan fingerprint density at radius 1 is 1.00 bits per heavy atom. The van der Waals surface area contributed by atoms with Gasteiger partial charge in [-0.15, -0.1) is 0 Å². The van der Waals surface area contributed by atoms with Crippen LogP contribution in [0.4, 0.5) is 5.95 Å². The molecule has 4 rings (SSSR count). The number of anilines is 1. The summed E-state index contributed by atoms with van der Waals surface area (Å²) in [5, 5.41) is 14.4. The molecule has 11 heteroatoms. The fourth-order valence-electron chi connectivity index (χ4n) is 5.39. The number of hydrogen-bond acceptors (Lipinski definition) is 8. The van der Waals surface area contributed by atoms with Crippen LogP contribution >= 0.6 is 0 Å². The minimum absolute atomic E-state index is 0.217. The summed E-state index contributed by atoms with van der Waals surface area (Å²) in [6.07, 6.45) is 2.24. The summed E-state index contributed by atoms with van der Waals surface area (Å²) < 4.78 is 10.3. The van der Waals surface area contributed by atoms with Crippen LogP contribution in [0.25, 0.3) is 11.2 Å². The topological polar surface area (TPSA) is 110 Å². The third-order valence-corrected chi connectivity index (χ3v) is 7.76. The molecule has 1 saturated heterocycles. The fraction of sp³-hybridized carbons (Fsp3) is 0.621. The highest BCUT2D eigenvalue weighted by Crippen LogP contribution is 2.22. The Kier molecular flexibility index (Phi) is 10.0. The number of nitrogens with one attached hydrogen (secondary N) is 1. The SMILES string of the molecule is CCCCNc1nc2c(c(=O)n(C)c(=O)n2C)n1CC(O)CN1CCN(CCCOc2c(C)cccc2C)CC1. The van der Waals surface area contributed by atoms with Gasteiger partial charge in [0.05, 0.1) is 19.3 Å². The molecule has 11 nitrogen and oxygen atoms in total. The lowest BCUT2D eigenvalue weighted by atomic mass is 10.1. The number of aryl methyl sites for hydroxylation is 3. The van der Waals surface area contributed by atoms with Crippen LogP contribution in [-0.4, -0.2) is 92.1 Å². The maximum atomic E-state index is 13.0. The summed E-state index contributed by atoms with van der Waals surface area (Å²) in [5.41, 5.74) is 2.17. The van der Waals surface area contributed by atoms with Gasteiger partial charge in [0.1, 0.15) is 5.75 Å². The van der Waals surface area contributed by atoms with Gasteiger partial charge in [-0.05, 0) is 37.8 Å². The molecule has 1 fully saturated rings. The average molecular weight is 556 g/mol. The minimum atomic E-state index is -0.691. The Morgan fingerprint density at radius 2 is 1.68 bits per heavy atom. The van der Waals surface area contributed by atoms with E-state index in [2.05, 4.69) is 59.1 Å². The molecule has 40 heavy (non-hydrogen) atoms. The molecule has 2 N–H and O–H groups in total. The van der Waals surface area contributed by atoms with Crippen molar-refractivity contribution in [3.63, 3.8) is 0 Å². The lowest BCUT2D eigenvalue weighted by Crippen LogP contribution is -2.49. The maximum Gasteiger partial charge on any atom is 0.332 e. The molecule has 1 aliphatic heterocycles. The molecule has 0 aliphatic carbocycles. The normalized spacial score (nSPS) is 15.6. The van der Waals surface area contributed by atoms with Gasteiger partial charge >= 0.3 is 5.69 Å². The zero-order valence-corrected chi connectivity index (χ0v) is 24.6. The largest absolute Gasteiger partial charge is 0.493 e. The van der Waals surface area contributed by atoms with Gasteiger partial charge in [-0.25, -0.2) is 4.79 Å². The Bertz CT molecular complexity index is 1380. The summed E-state index contributed by atoms with van der Waals surface area (Å²) in [6, 6.07) is 6.22. The molecule has 3 aromatic rings. The molecule has 0 radical (unpaired) electrons. The van der Waals surface area contributed by atoms with Gasteiger partial charge in [0.25, 0.3) is 5.56 Å². The summed E-state index contributed by atoms with van der Waals surface area (Å²) in [6.45, 7) is 13.0. The van der Waals surface area contributed by atoms with Crippen LogP contribution in [0, 0.1) is 13.8 Å². The lowest BCUT2D eigenvalue weighted by Gasteiger charge is -2.35. The Hall–Kier alpha value is -3.15. The third kappa shape index (κ3) is 6.76. The van der Waals surface area contributed by atoms with E-state index in [4.69, 9.17) is 4.74 Å². The highest BCUT2D eigenvalue weighted by molar-refractivity contribution is 5.74. The number of para-hydroxylation sites is 1. The van der Waals surface area contributed by atoms with E-state index >= 15 is 0 Å². The molecule has 1 aliphatic rings. The average Bonchev–Trinajstić information content (AvgIpc) is 3.29. The molecule has 0 amide bonds. The summed E-state index contributed by atoms with van der Waals surface area (Å²) in [5.74, 6) is 1.50. The van der Waals surface area contributed by atoms with Crippen molar-refractivity contribution >= 4 is 17.1 Å². The van der Waals surface area contributed by atoms with Crippen LogP contribution in [-0.2, 0) is 20.6 Å². The first-order valence-corrected chi connectivity index (χ1v) is 14.4. The van der Waals surface area contributed by atoms with E-state index in [0.29, 0.717) is 36.8 Å². The minimum Gasteiger partial charge on any atom is -0.493 e. The van der Waals surface area contributed by atoms with Gasteiger partial charge in [-0.2, -0.15) is 4.98 Å². The van der Waals surface area contributed by atoms with Crippen LogP contribution in [0.3, 0.4) is 0 Å². The van der Waals surface area contributed by atoms with Crippen molar-refractivity contribution in [3.05, 3.63) is 50.2 Å². The van der Waals surface area contributed by atoms with E-state index in [1.54, 1.807) is 11.6 Å². The van der Waals surface area contributed by atoms with Crippen LogP contribution in [0.15, 0.2) is 27.8 Å². The molecule has 1 atom stereocenters. The van der Waals surface area contributed by atoms with Gasteiger partial charge in [-0.1, -0.05) is 31.5 Å². The number of hydrogen-bond donors (Lipinski definition) is 2. The smallest absolute Gasteiger partial charge is 0.332 e. The van der Waals surface area contributed by atoms with Crippen molar-refractivity contribution in [2.75, 3.05) is 57.7 Å². The Balaban J connectivity index is 1.32. The molecular formula is C29H45N7O4. The van der Waals surface area contributed by atoms with Crippen LogP contribution in [0.5, 0.6) is 5.75 Å². The van der Waals surface area contributed by atoms with Crippen LogP contribution < -0.4 is 21.3 Å². The van der Waals surface area contributed by atoms with E-state index in [9.17, 15) is 14.7 Å². The van der Waals surface area contributed by atoms with Gasteiger partial charge in [0.2, 0.25) is 5.95 Å². The molecule has 0 bridgehead atoms. The van der Waals surface area contributed by atoms with Crippen molar-refractivity contribution in [3.8, 4) is 5.75 Å². The molecule has 1 unspecified atom stereocenters. The summed E-state index contributed by atoms with van der Waals surface area (Å²) >= 11 is 0. The number of nitrogens with zero attached hydrogens (tertiary/aromatic N) is 6. The zero-order chi connectivity index (χ0) is 28.8. The van der Waals surface area contributed by atoms with E-state index in [1.165, 1.54) is 22.7 Å². The number of ether oxygens (including phenoxy) is 1. The van der Waals surface area contributed by atoms with E-state index in [0.717, 1.165) is 62.3 Å². The van der Waals surface area contributed by atoms with Crippen molar-refractivity contribution in [2.24, 2.45) is 14.1 Å². The summed E-state index contributed by atoms with van der Waals surface area (Å²) in [7, 11) is 3.08. The number of imidazole rings is 1. The molecule has 220 valence electrons. The second-order valence-electron chi connectivity index (χ2n) is 10.9. The first-order valence-electron chi connectivity index (χ1n) is 14.4. The number of piperazine rings is 1. The molecule has 0 saturated carbocycles. The number of rotatable bonds is 13. The van der Waals surface area contributed by atoms with Crippen molar-refractivity contribution in [1.82, 2.24) is 28.5 Å². The zero-order valence-electron chi connectivity index (χ0n) is 24.6. The van der Waals surface area contributed by atoms with Crippen LogP contribution in [0.2, 0.25) is 0 Å². The highest BCUT2D eigenvalue weighted by Gasteiger charge is 2.23. The number of benzene rings is 1. The molecular weight excluding hydrogens is 510 g/mol. The first kappa shape index (κ1) is 29.8. The number of unbranched alkanes of at least 4 members (excludes halogenated alkanes) is 1. The summed E-state index contributed by atoms with van der Waals surface area (Å²) in [4.78, 5) is 34.8. The standard InChI is InChI=1S/C29H45N7O4/c1-6-7-12-30-28-31-26-24(27(38)33(5)29(39)32(26)4)36(28)20-23(37)19-35-16-14-34(15-17-35)13-9-18-40-25-21(2)10-8-11-22(25)3/h8,10-11,23,37H,6-7,9,12-20H2,1-5H3,(H,30,31). The number of β-amino-alcohol motifs (C(OH)–C–C–N with tert-alkyl or cyclic N) is 1. The van der Waals surface area contributed by atoms with E-state index in [1.807, 2.05) is 0 Å². The van der Waals surface area contributed by atoms with Crippen molar-refractivity contribution in [2.45, 2.75) is 52.7 Å². The van der Waals surface area contributed by atoms with E-state index in [-0.39, 0.29) is 6.54 Å². The maximum absolute atomic E-state index is 13.0. The van der Waals surface area contributed by atoms with Gasteiger partial charge in [0.15, 0.2) is 11.2 Å². The van der Waals surface area contributed by atoms with Crippen LogP contribution in [0.1, 0.15) is 37.3 Å². The third-order valence-electron chi connectivity index (χ3n) is 7.76. The molecule has 2 aromatic heterocycles. The lowest BCUT2D eigenvalue weighted by molar-refractivity contribution is 0.0637. The van der Waals surface area contributed by atoms with Crippen molar-refractivity contribution in [1.29, 1.82) is 0 Å². The number of aliphatic hydroxyl groups excluding tert-OH is 1. The van der Waals surface area contributed by atoms with Gasteiger partial charge in [0, 0.05) is 59.9 Å². The molecule has 3 heterocycles. The number of aromatic nitrogens is 4. The fourth-order valence-corrected chi connectivity index (χ4v) is 5.39. The monoisotopic (exact) mass is 555 g/mol. The van der Waals surface area contributed by atoms with E-state index < -0.39 is 17.4 Å². The number of aliphatic hydroxyl groups is 1. The Labute approximate surface area is 236 Å². The highest BCUT2D eigenvalue weighted by atomic mass is 16.5. The quantitative estimate of drug-likeness (QED) is 0.307. The molecule has 0 spiro atoms. The predicted octanol–water partition coefficient (Wildman–Crippen LogP) is 1.71. The molecule has 1 aromatic carbocycles. The van der Waals surface area contributed by atoms with Crippen molar-refractivity contribution < 1.29 is 9.84 Å². The predicted molar refractivity (Wildman–Crippen MR) is 159 cm³/mol. The second kappa shape index (κ2) is 13.5. The van der Waals surface area contributed by atoms with Gasteiger partial charge in [-0.3, -0.25) is 18.8 Å². The second-order valence-corrected chi connectivity index (χ2v) is 10.9.